The Bertz CT molecular complexity index is 853. The van der Waals surface area contributed by atoms with E-state index in [0.717, 1.165) is 0 Å². The van der Waals surface area contributed by atoms with Crippen LogP contribution in [0.5, 0.6) is 11.5 Å². The zero-order valence-electron chi connectivity index (χ0n) is 11.7. The van der Waals surface area contributed by atoms with E-state index in [1.165, 1.54) is 30.3 Å². The number of carbonyl (C=O) groups excluding carboxylic acids is 1. The van der Waals surface area contributed by atoms with Crippen LogP contribution in [0.3, 0.4) is 0 Å². The van der Waals surface area contributed by atoms with Gasteiger partial charge in [0.25, 0.3) is 0 Å². The van der Waals surface area contributed by atoms with E-state index < -0.39 is 11.6 Å². The molecule has 0 amide bonds. The molecule has 0 N–H and O–H groups in total. The summed E-state index contributed by atoms with van der Waals surface area (Å²) in [5.74, 6) is 0.225. The first-order valence-electron chi connectivity index (χ1n) is 6.59. The third kappa shape index (κ3) is 3.10. The van der Waals surface area contributed by atoms with Gasteiger partial charge < -0.3 is 9.47 Å². The van der Waals surface area contributed by atoms with Crippen molar-refractivity contribution in [1.29, 1.82) is 5.26 Å². The summed E-state index contributed by atoms with van der Waals surface area (Å²) >= 11 is 3.37. The van der Waals surface area contributed by atoms with Crippen LogP contribution in [0.4, 0.5) is 4.39 Å². The minimum absolute atomic E-state index is 0.0591. The largest absolute Gasteiger partial charge is 0.454 e. The predicted octanol–water partition coefficient (Wildman–Crippen LogP) is 4.11. The molecule has 0 saturated heterocycles. The fraction of sp³-hybridized carbons (Fsp3) is 0.0588. The van der Waals surface area contributed by atoms with Gasteiger partial charge in [-0.15, -0.1) is 0 Å². The van der Waals surface area contributed by atoms with Gasteiger partial charge in [0.1, 0.15) is 17.5 Å². The fourth-order valence-corrected chi connectivity index (χ4v) is 2.54. The van der Waals surface area contributed by atoms with E-state index >= 15 is 0 Å². The average Bonchev–Trinajstić information content (AvgIpc) is 2.99. The Kier molecular flexibility index (Phi) is 4.13. The Labute approximate surface area is 139 Å². The van der Waals surface area contributed by atoms with Gasteiger partial charge in [-0.25, -0.2) is 4.39 Å². The second-order valence-corrected chi connectivity index (χ2v) is 5.59. The Hall–Kier alpha value is -2.65. The zero-order chi connectivity index (χ0) is 16.4. The van der Waals surface area contributed by atoms with Crippen molar-refractivity contribution in [2.75, 3.05) is 6.79 Å². The van der Waals surface area contributed by atoms with Gasteiger partial charge >= 0.3 is 0 Å². The summed E-state index contributed by atoms with van der Waals surface area (Å²) in [5, 5.41) is 9.27. The van der Waals surface area contributed by atoms with Crippen LogP contribution < -0.4 is 9.47 Å². The molecule has 4 nitrogen and oxygen atoms in total. The van der Waals surface area contributed by atoms with Crippen molar-refractivity contribution in [3.05, 3.63) is 63.4 Å². The first-order valence-corrected chi connectivity index (χ1v) is 7.39. The minimum atomic E-state index is -0.475. The van der Waals surface area contributed by atoms with E-state index in [2.05, 4.69) is 15.9 Å². The predicted molar refractivity (Wildman–Crippen MR) is 84.6 cm³/mol. The van der Waals surface area contributed by atoms with Crippen LogP contribution in [0.1, 0.15) is 15.9 Å². The van der Waals surface area contributed by atoms with Gasteiger partial charge in [0.15, 0.2) is 11.5 Å². The Balaban J connectivity index is 1.98. The van der Waals surface area contributed by atoms with Gasteiger partial charge in [0.05, 0.1) is 0 Å². The molecule has 0 aliphatic carbocycles. The van der Waals surface area contributed by atoms with Gasteiger partial charge in [-0.1, -0.05) is 15.9 Å². The summed E-state index contributed by atoms with van der Waals surface area (Å²) in [4.78, 5) is 12.4. The standard InChI is InChI=1S/C17H9BrFNO3/c18-14-7-16-15(22-9-23-16)6-11(14)5-12(8-20)17(21)10-1-3-13(19)4-2-10/h1-7H,9H2/b12-5+. The summed E-state index contributed by atoms with van der Waals surface area (Å²) in [6, 6.07) is 10.3. The molecule has 1 heterocycles. The fourth-order valence-electron chi connectivity index (χ4n) is 2.10. The number of carbonyl (C=O) groups is 1. The molecule has 0 spiro atoms. The summed E-state index contributed by atoms with van der Waals surface area (Å²) < 4.78 is 24.1. The number of ketones is 1. The molecule has 0 bridgehead atoms. The highest BCUT2D eigenvalue weighted by molar-refractivity contribution is 9.10. The second-order valence-electron chi connectivity index (χ2n) is 4.73. The van der Waals surface area contributed by atoms with Crippen molar-refractivity contribution >= 4 is 27.8 Å². The molecule has 1 aliphatic rings. The molecule has 2 aromatic carbocycles. The lowest BCUT2D eigenvalue weighted by molar-refractivity contribution is 0.104. The number of halogens is 2. The van der Waals surface area contributed by atoms with Crippen molar-refractivity contribution in [2.24, 2.45) is 0 Å². The molecular weight excluding hydrogens is 365 g/mol. The lowest BCUT2D eigenvalue weighted by Gasteiger charge is -2.04. The molecule has 0 aromatic heterocycles. The van der Waals surface area contributed by atoms with Crippen molar-refractivity contribution in [1.82, 2.24) is 0 Å². The van der Waals surface area contributed by atoms with Gasteiger partial charge in [-0.05, 0) is 48.0 Å². The highest BCUT2D eigenvalue weighted by atomic mass is 79.9. The number of hydrogen-bond acceptors (Lipinski definition) is 4. The van der Waals surface area contributed by atoms with Gasteiger partial charge in [-0.2, -0.15) is 5.26 Å². The van der Waals surface area contributed by atoms with Crippen molar-refractivity contribution in [2.45, 2.75) is 0 Å². The maximum Gasteiger partial charge on any atom is 0.231 e. The van der Waals surface area contributed by atoms with Gasteiger partial charge in [0, 0.05) is 10.0 Å². The smallest absolute Gasteiger partial charge is 0.231 e. The van der Waals surface area contributed by atoms with Crippen LogP contribution in [0, 0.1) is 17.1 Å². The number of nitrogens with zero attached hydrogens (tertiary/aromatic N) is 1. The van der Waals surface area contributed by atoms with E-state index in [9.17, 15) is 14.4 Å². The molecule has 114 valence electrons. The van der Waals surface area contributed by atoms with E-state index in [0.29, 0.717) is 21.5 Å². The first kappa shape index (κ1) is 15.3. The number of rotatable bonds is 3. The monoisotopic (exact) mass is 373 g/mol. The topological polar surface area (TPSA) is 59.3 Å². The molecule has 3 rings (SSSR count). The van der Waals surface area contributed by atoms with E-state index in [-0.39, 0.29) is 17.9 Å². The molecule has 0 unspecified atom stereocenters. The third-order valence-electron chi connectivity index (χ3n) is 3.26. The highest BCUT2D eigenvalue weighted by Gasteiger charge is 2.17. The SMILES string of the molecule is N#C/C(=C\c1cc2c(cc1Br)OCO2)C(=O)c1ccc(F)cc1. The van der Waals surface area contributed by atoms with Gasteiger partial charge in [0.2, 0.25) is 12.6 Å². The van der Waals surface area contributed by atoms with Gasteiger partial charge in [-0.3, -0.25) is 4.79 Å². The van der Waals surface area contributed by atoms with E-state index in [4.69, 9.17) is 9.47 Å². The molecular formula is C17H9BrFNO3. The summed E-state index contributed by atoms with van der Waals surface area (Å²) in [6.45, 7) is 0.133. The van der Waals surface area contributed by atoms with Crippen LogP contribution in [0.2, 0.25) is 0 Å². The van der Waals surface area contributed by atoms with Crippen molar-refractivity contribution in [3.8, 4) is 17.6 Å². The summed E-state index contributed by atoms with van der Waals surface area (Å²) in [7, 11) is 0. The Morgan fingerprint density at radius 3 is 2.52 bits per heavy atom. The first-order chi connectivity index (χ1) is 11.1. The number of hydrogen-bond donors (Lipinski definition) is 0. The molecule has 0 fully saturated rings. The lowest BCUT2D eigenvalue weighted by atomic mass is 10.0. The summed E-state index contributed by atoms with van der Waals surface area (Å²) in [6.07, 6.45) is 1.46. The summed E-state index contributed by atoms with van der Waals surface area (Å²) in [5.41, 5.74) is 0.800. The van der Waals surface area contributed by atoms with E-state index in [1.54, 1.807) is 12.1 Å². The molecule has 0 saturated carbocycles. The second kappa shape index (κ2) is 6.23. The zero-order valence-corrected chi connectivity index (χ0v) is 13.3. The average molecular weight is 374 g/mol. The van der Waals surface area contributed by atoms with Crippen LogP contribution in [0.15, 0.2) is 46.4 Å². The molecule has 0 atom stereocenters. The van der Waals surface area contributed by atoms with Crippen LogP contribution >= 0.6 is 15.9 Å². The van der Waals surface area contributed by atoms with E-state index in [1.807, 2.05) is 6.07 Å². The molecule has 2 aromatic rings. The molecule has 23 heavy (non-hydrogen) atoms. The minimum Gasteiger partial charge on any atom is -0.454 e. The number of Topliss-reactive ketones (excluding diaryl/α,β-unsaturated/α-hetero) is 1. The maximum absolute atomic E-state index is 12.9. The Morgan fingerprint density at radius 1 is 1.22 bits per heavy atom. The lowest BCUT2D eigenvalue weighted by Crippen LogP contribution is -2.02. The number of benzene rings is 2. The third-order valence-corrected chi connectivity index (χ3v) is 3.95. The number of nitriles is 1. The van der Waals surface area contributed by atoms with Crippen LogP contribution in [-0.2, 0) is 0 Å². The van der Waals surface area contributed by atoms with Crippen molar-refractivity contribution in [3.63, 3.8) is 0 Å². The highest BCUT2D eigenvalue weighted by Crippen LogP contribution is 2.37. The number of ether oxygens (including phenoxy) is 2. The molecule has 6 heteroatoms. The van der Waals surface area contributed by atoms with Crippen LogP contribution in [0.25, 0.3) is 6.08 Å². The maximum atomic E-state index is 12.9. The Morgan fingerprint density at radius 2 is 1.87 bits per heavy atom. The molecule has 0 radical (unpaired) electrons. The number of allylic oxidation sites excluding steroid dienone is 1. The normalized spacial score (nSPS) is 12.8. The van der Waals surface area contributed by atoms with Crippen molar-refractivity contribution < 1.29 is 18.7 Å². The quantitative estimate of drug-likeness (QED) is 0.461. The van der Waals surface area contributed by atoms with Crippen LogP contribution in [-0.4, -0.2) is 12.6 Å². The number of fused-ring (bicyclic) bond motifs is 1. The molecule has 1 aliphatic heterocycles.